The summed E-state index contributed by atoms with van der Waals surface area (Å²) in [5.74, 6) is 0.727. The van der Waals surface area contributed by atoms with Crippen molar-refractivity contribution in [3.05, 3.63) is 58.6 Å². The average Bonchev–Trinajstić information content (AvgIpc) is 3.23. The van der Waals surface area contributed by atoms with Gasteiger partial charge < -0.3 is 5.32 Å². The first kappa shape index (κ1) is 15.5. The molecule has 0 unspecified atom stereocenters. The van der Waals surface area contributed by atoms with E-state index in [0.717, 1.165) is 18.2 Å². The summed E-state index contributed by atoms with van der Waals surface area (Å²) >= 11 is 1.86. The molecule has 5 nitrogen and oxygen atoms in total. The van der Waals surface area contributed by atoms with Gasteiger partial charge in [-0.1, -0.05) is 18.6 Å². The number of thiazole rings is 1. The molecule has 2 heterocycles. The normalized spacial score (nSPS) is 16.0. The van der Waals surface area contributed by atoms with Crippen molar-refractivity contribution < 1.29 is 0 Å². The number of benzene rings is 1. The number of nitrogens with one attached hydrogen (secondary N) is 1. The molecule has 1 N–H and O–H groups in total. The fraction of sp³-hybridized carbons (Fsp3) is 0.389. The minimum atomic E-state index is 0.295. The number of rotatable bonds is 6. The molecule has 1 fully saturated rings. The van der Waals surface area contributed by atoms with Crippen molar-refractivity contribution in [3.63, 3.8) is 0 Å². The van der Waals surface area contributed by atoms with Gasteiger partial charge in [-0.05, 0) is 37.5 Å². The monoisotopic (exact) mass is 339 g/mol. The highest BCUT2D eigenvalue weighted by Gasteiger charge is 2.22. The van der Waals surface area contributed by atoms with Gasteiger partial charge in [0.1, 0.15) is 12.7 Å². The van der Waals surface area contributed by atoms with Gasteiger partial charge in [0.15, 0.2) is 0 Å². The third kappa shape index (κ3) is 3.25. The number of hydrogen-bond donors (Lipinski definition) is 1. The fourth-order valence-corrected chi connectivity index (χ4v) is 3.91. The van der Waals surface area contributed by atoms with Crippen LogP contribution in [-0.4, -0.2) is 19.7 Å². The SMILES string of the molecule is C[C@H](NCc1cnc(C2CCC2)s1)c1ccc(-n2cncn2)cc1. The van der Waals surface area contributed by atoms with Crippen LogP contribution in [0.25, 0.3) is 5.69 Å². The molecule has 1 aliphatic rings. The van der Waals surface area contributed by atoms with Gasteiger partial charge in [-0.15, -0.1) is 11.3 Å². The van der Waals surface area contributed by atoms with Crippen molar-refractivity contribution in [1.29, 1.82) is 0 Å². The second-order valence-corrected chi connectivity index (χ2v) is 7.47. The molecule has 1 aromatic carbocycles. The molecule has 0 saturated heterocycles. The van der Waals surface area contributed by atoms with E-state index in [1.807, 2.05) is 17.5 Å². The van der Waals surface area contributed by atoms with Gasteiger partial charge in [-0.2, -0.15) is 5.10 Å². The summed E-state index contributed by atoms with van der Waals surface area (Å²) < 4.78 is 1.77. The van der Waals surface area contributed by atoms with Gasteiger partial charge >= 0.3 is 0 Å². The minimum absolute atomic E-state index is 0.295. The van der Waals surface area contributed by atoms with Gasteiger partial charge in [0.2, 0.25) is 0 Å². The number of hydrogen-bond acceptors (Lipinski definition) is 5. The van der Waals surface area contributed by atoms with E-state index in [1.165, 1.54) is 34.7 Å². The zero-order valence-electron chi connectivity index (χ0n) is 13.7. The fourth-order valence-electron chi connectivity index (χ4n) is 2.88. The summed E-state index contributed by atoms with van der Waals surface area (Å²) in [6.07, 6.45) is 9.28. The van der Waals surface area contributed by atoms with E-state index < -0.39 is 0 Å². The Morgan fingerprint density at radius 3 is 2.79 bits per heavy atom. The lowest BCUT2D eigenvalue weighted by atomic mass is 9.86. The van der Waals surface area contributed by atoms with Crippen LogP contribution >= 0.6 is 11.3 Å². The highest BCUT2D eigenvalue weighted by molar-refractivity contribution is 7.11. The Hall–Kier alpha value is -2.05. The lowest BCUT2D eigenvalue weighted by Gasteiger charge is -2.22. The van der Waals surface area contributed by atoms with E-state index in [4.69, 9.17) is 0 Å². The molecule has 0 aliphatic heterocycles. The number of nitrogens with zero attached hydrogens (tertiary/aromatic N) is 4. The van der Waals surface area contributed by atoms with Crippen molar-refractivity contribution in [1.82, 2.24) is 25.1 Å². The lowest BCUT2D eigenvalue weighted by Crippen LogP contribution is -2.17. The Balaban J connectivity index is 1.35. The van der Waals surface area contributed by atoms with Gasteiger partial charge in [0.05, 0.1) is 10.7 Å². The Labute approximate surface area is 145 Å². The third-order valence-electron chi connectivity index (χ3n) is 4.68. The summed E-state index contributed by atoms with van der Waals surface area (Å²) in [6.45, 7) is 3.06. The van der Waals surface area contributed by atoms with Crippen molar-refractivity contribution >= 4 is 11.3 Å². The Morgan fingerprint density at radius 2 is 2.12 bits per heavy atom. The van der Waals surface area contributed by atoms with Gasteiger partial charge in [0.25, 0.3) is 0 Å². The maximum absolute atomic E-state index is 4.59. The Morgan fingerprint density at radius 1 is 1.29 bits per heavy atom. The molecule has 0 spiro atoms. The first-order chi connectivity index (χ1) is 11.8. The second-order valence-electron chi connectivity index (χ2n) is 6.33. The molecule has 124 valence electrons. The summed E-state index contributed by atoms with van der Waals surface area (Å²) in [5, 5.41) is 9.07. The molecule has 0 radical (unpaired) electrons. The van der Waals surface area contributed by atoms with Crippen LogP contribution in [0.3, 0.4) is 0 Å². The van der Waals surface area contributed by atoms with Crippen molar-refractivity contribution in [2.45, 2.75) is 44.7 Å². The average molecular weight is 339 g/mol. The van der Waals surface area contributed by atoms with Crippen LogP contribution in [0.5, 0.6) is 0 Å². The predicted octanol–water partition coefficient (Wildman–Crippen LogP) is 3.84. The second kappa shape index (κ2) is 6.83. The molecule has 24 heavy (non-hydrogen) atoms. The van der Waals surface area contributed by atoms with Crippen LogP contribution in [0.4, 0.5) is 0 Å². The molecule has 6 heteroatoms. The minimum Gasteiger partial charge on any atom is -0.305 e. The third-order valence-corrected chi connectivity index (χ3v) is 5.84. The first-order valence-corrected chi connectivity index (χ1v) is 9.24. The van der Waals surface area contributed by atoms with E-state index in [2.05, 4.69) is 51.6 Å². The Bertz CT molecular complexity index is 774. The smallest absolute Gasteiger partial charge is 0.138 e. The van der Waals surface area contributed by atoms with Crippen molar-refractivity contribution in [2.75, 3.05) is 0 Å². The van der Waals surface area contributed by atoms with Crippen LogP contribution in [0, 0.1) is 0 Å². The summed E-state index contributed by atoms with van der Waals surface area (Å²) in [6, 6.07) is 8.72. The van der Waals surface area contributed by atoms with Crippen LogP contribution in [0.2, 0.25) is 0 Å². The summed E-state index contributed by atoms with van der Waals surface area (Å²) in [5.41, 5.74) is 2.29. The zero-order valence-corrected chi connectivity index (χ0v) is 14.5. The molecule has 4 rings (SSSR count). The quantitative estimate of drug-likeness (QED) is 0.741. The lowest BCUT2D eigenvalue weighted by molar-refractivity contribution is 0.418. The molecule has 1 aliphatic carbocycles. The molecular formula is C18H21N5S. The van der Waals surface area contributed by atoms with E-state index in [-0.39, 0.29) is 0 Å². The van der Waals surface area contributed by atoms with E-state index in [1.54, 1.807) is 17.3 Å². The summed E-state index contributed by atoms with van der Waals surface area (Å²) in [7, 11) is 0. The van der Waals surface area contributed by atoms with E-state index in [9.17, 15) is 0 Å². The van der Waals surface area contributed by atoms with Crippen molar-refractivity contribution in [2.24, 2.45) is 0 Å². The predicted molar refractivity (Wildman–Crippen MR) is 95.3 cm³/mol. The molecule has 0 amide bonds. The molecule has 1 saturated carbocycles. The topological polar surface area (TPSA) is 55.6 Å². The Kier molecular flexibility index (Phi) is 4.40. The standard InChI is InChI=1S/C18H21N5S/c1-13(14-5-7-16(8-6-14)23-12-19-11-22-23)20-9-17-10-21-18(24-17)15-3-2-4-15/h5-8,10-13,15,20H,2-4,9H2,1H3/t13-/m0/s1. The molecule has 3 aromatic rings. The highest BCUT2D eigenvalue weighted by Crippen LogP contribution is 2.38. The first-order valence-electron chi connectivity index (χ1n) is 8.42. The van der Waals surface area contributed by atoms with Crippen LogP contribution < -0.4 is 5.32 Å². The van der Waals surface area contributed by atoms with Crippen molar-refractivity contribution in [3.8, 4) is 5.69 Å². The van der Waals surface area contributed by atoms with Crippen LogP contribution in [0.1, 0.15) is 53.6 Å². The van der Waals surface area contributed by atoms with E-state index in [0.29, 0.717) is 6.04 Å². The maximum Gasteiger partial charge on any atom is 0.138 e. The highest BCUT2D eigenvalue weighted by atomic mass is 32.1. The molecule has 0 bridgehead atoms. The maximum atomic E-state index is 4.59. The van der Waals surface area contributed by atoms with Crippen LogP contribution in [-0.2, 0) is 6.54 Å². The molecule has 2 aromatic heterocycles. The van der Waals surface area contributed by atoms with Crippen LogP contribution in [0.15, 0.2) is 43.1 Å². The van der Waals surface area contributed by atoms with Gasteiger partial charge in [-0.3, -0.25) is 0 Å². The zero-order chi connectivity index (χ0) is 16.4. The van der Waals surface area contributed by atoms with Gasteiger partial charge in [0, 0.05) is 29.6 Å². The molecular weight excluding hydrogens is 318 g/mol. The largest absolute Gasteiger partial charge is 0.305 e. The van der Waals surface area contributed by atoms with E-state index >= 15 is 0 Å². The number of aromatic nitrogens is 4. The molecule has 1 atom stereocenters. The van der Waals surface area contributed by atoms with Gasteiger partial charge in [-0.25, -0.2) is 14.6 Å². The summed E-state index contributed by atoms with van der Waals surface area (Å²) in [4.78, 5) is 9.89.